The number of hydrogen-bond donors (Lipinski definition) is 3. The molecule has 2 aromatic heterocycles. The summed E-state index contributed by atoms with van der Waals surface area (Å²) in [4.78, 5) is 27.0. The maximum absolute atomic E-state index is 12.5. The number of imidazole rings is 1. The molecule has 0 saturated heterocycles. The summed E-state index contributed by atoms with van der Waals surface area (Å²) in [7, 11) is 1.97. The molecule has 0 aliphatic heterocycles. The summed E-state index contributed by atoms with van der Waals surface area (Å²) in [6.07, 6.45) is 3.49. The summed E-state index contributed by atoms with van der Waals surface area (Å²) in [6.45, 7) is 3.95. The number of halogens is 1. The van der Waals surface area contributed by atoms with Crippen molar-refractivity contribution >= 4 is 35.0 Å². The lowest BCUT2D eigenvalue weighted by Gasteiger charge is -2.15. The number of H-pyrrole nitrogens is 1. The Hall–Kier alpha value is -3.88. The van der Waals surface area contributed by atoms with Gasteiger partial charge in [-0.1, -0.05) is 29.8 Å². The molecule has 2 amide bonds. The van der Waals surface area contributed by atoms with Crippen LogP contribution in [0.5, 0.6) is 0 Å². The van der Waals surface area contributed by atoms with Crippen LogP contribution in [-0.4, -0.2) is 47.8 Å². The molecule has 8 nitrogen and oxygen atoms in total. The Morgan fingerprint density at radius 1 is 1.03 bits per heavy atom. The molecule has 0 fully saturated rings. The van der Waals surface area contributed by atoms with Gasteiger partial charge in [0.05, 0.1) is 18.0 Å². The first kappa shape index (κ1) is 24.3. The number of nitrogens with one attached hydrogen (secondary N) is 3. The van der Waals surface area contributed by atoms with E-state index < -0.39 is 0 Å². The zero-order valence-electron chi connectivity index (χ0n) is 19.6. The number of anilines is 3. The average Bonchev–Trinajstić information content (AvgIpc) is 3.31. The van der Waals surface area contributed by atoms with Crippen molar-refractivity contribution in [1.82, 2.24) is 15.0 Å². The van der Waals surface area contributed by atoms with Gasteiger partial charge in [0.15, 0.2) is 0 Å². The highest BCUT2D eigenvalue weighted by atomic mass is 35.5. The summed E-state index contributed by atoms with van der Waals surface area (Å²) in [5.74, 6) is 0.726. The van der Waals surface area contributed by atoms with Crippen molar-refractivity contribution in [3.8, 4) is 22.5 Å². The molecular weight excluding hydrogens is 464 g/mol. The minimum Gasteiger partial charge on any atom is -0.380 e. The molecule has 9 heteroatoms. The number of benzene rings is 2. The third-order valence-electron chi connectivity index (χ3n) is 5.27. The lowest BCUT2D eigenvalue weighted by atomic mass is 10.1. The number of urea groups is 1. The van der Waals surface area contributed by atoms with Gasteiger partial charge in [-0.05, 0) is 49.4 Å². The number of carbonyl (C=O) groups excluding carboxylic acids is 1. The first-order valence-corrected chi connectivity index (χ1v) is 11.6. The highest BCUT2D eigenvalue weighted by Gasteiger charge is 2.17. The van der Waals surface area contributed by atoms with Crippen LogP contribution in [0, 0.1) is 0 Å². The number of hydrogen-bond acceptors (Lipinski definition) is 5. The summed E-state index contributed by atoms with van der Waals surface area (Å²) in [5, 5.41) is 6.21. The van der Waals surface area contributed by atoms with Gasteiger partial charge in [-0.3, -0.25) is 4.98 Å². The predicted molar refractivity (Wildman–Crippen MR) is 141 cm³/mol. The van der Waals surface area contributed by atoms with Crippen LogP contribution in [0.1, 0.15) is 6.92 Å². The Kier molecular flexibility index (Phi) is 7.97. The lowest BCUT2D eigenvalue weighted by molar-refractivity contribution is 0.154. The van der Waals surface area contributed by atoms with E-state index in [1.54, 1.807) is 36.7 Å². The molecule has 35 heavy (non-hydrogen) atoms. The quantitative estimate of drug-likeness (QED) is 0.253. The zero-order chi connectivity index (χ0) is 24.6. The molecular formula is C26H27ClN6O2. The first-order chi connectivity index (χ1) is 17.0. The van der Waals surface area contributed by atoms with E-state index in [2.05, 4.69) is 20.6 Å². The normalized spacial score (nSPS) is 10.7. The third kappa shape index (κ3) is 6.38. The van der Waals surface area contributed by atoms with Gasteiger partial charge in [-0.15, -0.1) is 0 Å². The van der Waals surface area contributed by atoms with Crippen molar-refractivity contribution < 1.29 is 9.53 Å². The molecule has 3 N–H and O–H groups in total. The largest absolute Gasteiger partial charge is 0.380 e. The number of likely N-dealkylation sites (N-methyl/N-ethyl adjacent to an activating group) is 1. The second-order valence-corrected chi connectivity index (χ2v) is 8.25. The second kappa shape index (κ2) is 11.5. The molecule has 180 valence electrons. The number of rotatable bonds is 9. The van der Waals surface area contributed by atoms with Crippen LogP contribution in [0.2, 0.25) is 5.02 Å². The van der Waals surface area contributed by atoms with E-state index in [1.165, 1.54) is 0 Å². The SMILES string of the molecule is CCOCCN(C)c1nc(-c2cccc(NC(=O)Nc3cccc(Cl)c3)c2)c(-c2ccncc2)[nH]1. The van der Waals surface area contributed by atoms with Gasteiger partial charge in [0.1, 0.15) is 0 Å². The van der Waals surface area contributed by atoms with E-state index in [0.29, 0.717) is 36.2 Å². The molecule has 0 atom stereocenters. The standard InChI is InChI=1S/C26H27ClN6O2/c1-3-35-15-14-33(2)25-31-23(18-10-12-28-13-11-18)24(32-25)19-6-4-8-21(16-19)29-26(34)30-22-9-5-7-20(27)17-22/h4-13,16-17H,3,14-15H2,1-2H3,(H,31,32)(H2,29,30,34). The Bertz CT molecular complexity index is 1280. The third-order valence-corrected chi connectivity index (χ3v) is 5.51. The average molecular weight is 491 g/mol. The minimum atomic E-state index is -0.364. The summed E-state index contributed by atoms with van der Waals surface area (Å²) >= 11 is 6.01. The predicted octanol–water partition coefficient (Wildman–Crippen LogP) is 5.91. The van der Waals surface area contributed by atoms with Crippen molar-refractivity contribution in [2.24, 2.45) is 0 Å². The number of nitrogens with zero attached hydrogens (tertiary/aromatic N) is 3. The van der Waals surface area contributed by atoms with E-state index in [-0.39, 0.29) is 6.03 Å². The van der Waals surface area contributed by atoms with E-state index >= 15 is 0 Å². The molecule has 2 heterocycles. The van der Waals surface area contributed by atoms with Crippen LogP contribution < -0.4 is 15.5 Å². The maximum Gasteiger partial charge on any atom is 0.323 e. The van der Waals surface area contributed by atoms with Gasteiger partial charge in [-0.2, -0.15) is 0 Å². The van der Waals surface area contributed by atoms with E-state index in [0.717, 1.165) is 28.5 Å². The summed E-state index contributed by atoms with van der Waals surface area (Å²) in [5.41, 5.74) is 4.71. The van der Waals surface area contributed by atoms with E-state index in [1.807, 2.05) is 55.3 Å². The summed E-state index contributed by atoms with van der Waals surface area (Å²) < 4.78 is 5.49. The Morgan fingerprint density at radius 3 is 2.46 bits per heavy atom. The molecule has 4 rings (SSSR count). The molecule has 0 saturated carbocycles. The van der Waals surface area contributed by atoms with Gasteiger partial charge in [0.2, 0.25) is 5.95 Å². The fraction of sp³-hybridized carbons (Fsp3) is 0.192. The monoisotopic (exact) mass is 490 g/mol. The fourth-order valence-corrected chi connectivity index (χ4v) is 3.72. The Labute approximate surface area is 209 Å². The smallest absolute Gasteiger partial charge is 0.323 e. The number of aromatic nitrogens is 3. The molecule has 0 aliphatic rings. The maximum atomic E-state index is 12.5. The van der Waals surface area contributed by atoms with Crippen LogP contribution in [-0.2, 0) is 4.74 Å². The minimum absolute atomic E-state index is 0.364. The molecule has 4 aromatic rings. The highest BCUT2D eigenvalue weighted by molar-refractivity contribution is 6.30. The van der Waals surface area contributed by atoms with Crippen molar-refractivity contribution in [1.29, 1.82) is 0 Å². The first-order valence-electron chi connectivity index (χ1n) is 11.3. The van der Waals surface area contributed by atoms with Gasteiger partial charge >= 0.3 is 6.03 Å². The molecule has 0 aliphatic carbocycles. The number of amides is 2. The van der Waals surface area contributed by atoms with Crippen LogP contribution in [0.25, 0.3) is 22.5 Å². The van der Waals surface area contributed by atoms with Gasteiger partial charge < -0.3 is 25.3 Å². The highest BCUT2D eigenvalue weighted by Crippen LogP contribution is 2.33. The topological polar surface area (TPSA) is 95.2 Å². The number of aromatic amines is 1. The Morgan fingerprint density at radius 2 is 1.74 bits per heavy atom. The van der Waals surface area contributed by atoms with Crippen LogP contribution in [0.4, 0.5) is 22.1 Å². The Balaban J connectivity index is 1.59. The van der Waals surface area contributed by atoms with Crippen molar-refractivity contribution in [3.05, 3.63) is 78.1 Å². The van der Waals surface area contributed by atoms with E-state index in [4.69, 9.17) is 21.3 Å². The molecule has 2 aromatic carbocycles. The number of ether oxygens (including phenoxy) is 1. The second-order valence-electron chi connectivity index (χ2n) is 7.81. The molecule has 0 bridgehead atoms. The van der Waals surface area contributed by atoms with Gasteiger partial charge in [-0.25, -0.2) is 9.78 Å². The van der Waals surface area contributed by atoms with Crippen molar-refractivity contribution in [2.45, 2.75) is 6.92 Å². The van der Waals surface area contributed by atoms with Gasteiger partial charge in [0.25, 0.3) is 0 Å². The summed E-state index contributed by atoms with van der Waals surface area (Å²) in [6, 6.07) is 18.1. The lowest BCUT2D eigenvalue weighted by Crippen LogP contribution is -2.23. The van der Waals surface area contributed by atoms with Crippen LogP contribution in [0.15, 0.2) is 73.1 Å². The fourth-order valence-electron chi connectivity index (χ4n) is 3.53. The van der Waals surface area contributed by atoms with Crippen LogP contribution >= 0.6 is 11.6 Å². The van der Waals surface area contributed by atoms with E-state index in [9.17, 15) is 4.79 Å². The van der Waals surface area contributed by atoms with Crippen molar-refractivity contribution in [3.63, 3.8) is 0 Å². The molecule has 0 unspecified atom stereocenters. The van der Waals surface area contributed by atoms with Crippen molar-refractivity contribution in [2.75, 3.05) is 42.3 Å². The van der Waals surface area contributed by atoms with Gasteiger partial charge in [0, 0.05) is 60.1 Å². The number of carbonyl (C=O) groups is 1. The molecule has 0 radical (unpaired) electrons. The zero-order valence-corrected chi connectivity index (χ0v) is 20.3. The number of pyridine rings is 1. The molecule has 0 spiro atoms. The van der Waals surface area contributed by atoms with Crippen LogP contribution in [0.3, 0.4) is 0 Å².